The molecule has 0 bridgehead atoms. The molecule has 24 heavy (non-hydrogen) atoms. The summed E-state index contributed by atoms with van der Waals surface area (Å²) in [6, 6.07) is 12.6. The standard InChI is InChI=1S/C17H14N4O3/c22-17(12-2-1-3-14(8-12)21-10-18-19-11-21)20-13-4-5-15-16(9-13)24-7-6-23-15/h1-5,8-11H,6-7H2,(H,20,22). The van der Waals surface area contributed by atoms with Gasteiger partial charge in [0, 0.05) is 23.0 Å². The van der Waals surface area contributed by atoms with E-state index in [0.717, 1.165) is 5.69 Å². The minimum atomic E-state index is -0.207. The number of nitrogens with zero attached hydrogens (tertiary/aromatic N) is 3. The second-order valence-electron chi connectivity index (χ2n) is 5.23. The van der Waals surface area contributed by atoms with Gasteiger partial charge in [-0.1, -0.05) is 6.07 Å². The Bertz CT molecular complexity index is 877. The van der Waals surface area contributed by atoms with Crippen LogP contribution < -0.4 is 14.8 Å². The number of hydrogen-bond donors (Lipinski definition) is 1. The highest BCUT2D eigenvalue weighted by molar-refractivity contribution is 6.04. The van der Waals surface area contributed by atoms with E-state index in [0.29, 0.717) is 36.0 Å². The van der Waals surface area contributed by atoms with Crippen molar-refractivity contribution < 1.29 is 14.3 Å². The number of carbonyl (C=O) groups excluding carboxylic acids is 1. The highest BCUT2D eigenvalue weighted by Crippen LogP contribution is 2.32. The number of fused-ring (bicyclic) bond motifs is 1. The number of amides is 1. The van der Waals surface area contributed by atoms with Gasteiger partial charge in [-0.15, -0.1) is 10.2 Å². The van der Waals surface area contributed by atoms with Gasteiger partial charge in [0.25, 0.3) is 5.91 Å². The molecular weight excluding hydrogens is 308 g/mol. The predicted octanol–water partition coefficient (Wildman–Crippen LogP) is 2.29. The summed E-state index contributed by atoms with van der Waals surface area (Å²) in [5, 5.41) is 10.4. The molecule has 4 rings (SSSR count). The lowest BCUT2D eigenvalue weighted by atomic mass is 10.1. The van der Waals surface area contributed by atoms with Gasteiger partial charge in [0.05, 0.1) is 0 Å². The molecule has 7 heteroatoms. The first-order valence-electron chi connectivity index (χ1n) is 7.46. The van der Waals surface area contributed by atoms with E-state index in [9.17, 15) is 4.79 Å². The molecule has 1 amide bonds. The van der Waals surface area contributed by atoms with Crippen molar-refractivity contribution in [1.29, 1.82) is 0 Å². The number of benzene rings is 2. The molecule has 7 nitrogen and oxygen atoms in total. The Kier molecular flexibility index (Phi) is 3.59. The van der Waals surface area contributed by atoms with Crippen molar-refractivity contribution >= 4 is 11.6 Å². The molecule has 0 radical (unpaired) electrons. The molecule has 0 aliphatic carbocycles. The smallest absolute Gasteiger partial charge is 0.255 e. The molecule has 1 aliphatic rings. The number of anilines is 1. The summed E-state index contributed by atoms with van der Waals surface area (Å²) in [5.41, 5.74) is 2.00. The fraction of sp³-hybridized carbons (Fsp3) is 0.118. The van der Waals surface area contributed by atoms with Crippen LogP contribution in [0.15, 0.2) is 55.1 Å². The van der Waals surface area contributed by atoms with Gasteiger partial charge in [-0.05, 0) is 30.3 Å². The summed E-state index contributed by atoms with van der Waals surface area (Å²) in [4.78, 5) is 12.5. The molecule has 120 valence electrons. The lowest BCUT2D eigenvalue weighted by Crippen LogP contribution is -2.16. The van der Waals surface area contributed by atoms with Crippen molar-refractivity contribution in [3.05, 3.63) is 60.7 Å². The molecular formula is C17H14N4O3. The van der Waals surface area contributed by atoms with Crippen LogP contribution in [0.1, 0.15) is 10.4 Å². The first kappa shape index (κ1) is 14.3. The van der Waals surface area contributed by atoms with Crippen LogP contribution >= 0.6 is 0 Å². The van der Waals surface area contributed by atoms with Crippen LogP contribution in [-0.2, 0) is 0 Å². The Morgan fingerprint density at radius 1 is 1.00 bits per heavy atom. The second-order valence-corrected chi connectivity index (χ2v) is 5.23. The molecule has 0 spiro atoms. The highest BCUT2D eigenvalue weighted by Gasteiger charge is 2.13. The maximum Gasteiger partial charge on any atom is 0.255 e. The summed E-state index contributed by atoms with van der Waals surface area (Å²) in [5.74, 6) is 1.12. The van der Waals surface area contributed by atoms with Gasteiger partial charge in [0.2, 0.25) is 0 Å². The SMILES string of the molecule is O=C(Nc1ccc2c(c1)OCCO2)c1cccc(-n2cnnc2)c1. The van der Waals surface area contributed by atoms with Gasteiger partial charge < -0.3 is 14.8 Å². The molecule has 1 aliphatic heterocycles. The fourth-order valence-corrected chi connectivity index (χ4v) is 2.47. The summed E-state index contributed by atoms with van der Waals surface area (Å²) in [7, 11) is 0. The van der Waals surface area contributed by atoms with Crippen molar-refractivity contribution in [2.75, 3.05) is 18.5 Å². The number of aromatic nitrogens is 3. The van der Waals surface area contributed by atoms with Gasteiger partial charge in [-0.3, -0.25) is 9.36 Å². The third-order valence-electron chi connectivity index (χ3n) is 3.63. The zero-order valence-electron chi connectivity index (χ0n) is 12.7. The Morgan fingerprint density at radius 2 is 1.79 bits per heavy atom. The molecule has 0 atom stereocenters. The van der Waals surface area contributed by atoms with Crippen molar-refractivity contribution in [1.82, 2.24) is 14.8 Å². The maximum absolute atomic E-state index is 12.5. The topological polar surface area (TPSA) is 78.3 Å². The zero-order valence-corrected chi connectivity index (χ0v) is 12.7. The lowest BCUT2D eigenvalue weighted by Gasteiger charge is -2.19. The number of hydrogen-bond acceptors (Lipinski definition) is 5. The molecule has 0 fully saturated rings. The van der Waals surface area contributed by atoms with Gasteiger partial charge >= 0.3 is 0 Å². The minimum absolute atomic E-state index is 0.207. The first-order chi connectivity index (χ1) is 11.8. The van der Waals surface area contributed by atoms with Crippen molar-refractivity contribution in [3.8, 4) is 17.2 Å². The van der Waals surface area contributed by atoms with Crippen molar-refractivity contribution in [2.24, 2.45) is 0 Å². The average Bonchev–Trinajstić information content (AvgIpc) is 3.16. The van der Waals surface area contributed by atoms with E-state index in [1.54, 1.807) is 47.6 Å². The number of nitrogens with one attached hydrogen (secondary N) is 1. The summed E-state index contributed by atoms with van der Waals surface area (Å²) >= 11 is 0. The number of rotatable bonds is 3. The molecule has 1 N–H and O–H groups in total. The third-order valence-corrected chi connectivity index (χ3v) is 3.63. The lowest BCUT2D eigenvalue weighted by molar-refractivity contribution is 0.102. The van der Waals surface area contributed by atoms with Gasteiger partial charge in [-0.2, -0.15) is 0 Å². The van der Waals surface area contributed by atoms with Gasteiger partial charge in [-0.25, -0.2) is 0 Å². The van der Waals surface area contributed by atoms with Crippen LogP contribution in [0.5, 0.6) is 11.5 Å². The molecule has 3 aromatic rings. The van der Waals surface area contributed by atoms with Crippen LogP contribution in [0.2, 0.25) is 0 Å². The van der Waals surface area contributed by atoms with Crippen molar-refractivity contribution in [3.63, 3.8) is 0 Å². The van der Waals surface area contributed by atoms with Crippen LogP contribution in [0, 0.1) is 0 Å². The third kappa shape index (κ3) is 2.79. The fourth-order valence-electron chi connectivity index (χ4n) is 2.47. The van der Waals surface area contributed by atoms with Crippen LogP contribution in [0.3, 0.4) is 0 Å². The number of ether oxygens (including phenoxy) is 2. The molecule has 0 unspecified atom stereocenters. The minimum Gasteiger partial charge on any atom is -0.486 e. The Morgan fingerprint density at radius 3 is 2.62 bits per heavy atom. The highest BCUT2D eigenvalue weighted by atomic mass is 16.6. The summed E-state index contributed by atoms with van der Waals surface area (Å²) < 4.78 is 12.7. The van der Waals surface area contributed by atoms with Crippen molar-refractivity contribution in [2.45, 2.75) is 0 Å². The first-order valence-corrected chi connectivity index (χ1v) is 7.46. The summed E-state index contributed by atoms with van der Waals surface area (Å²) in [6.07, 6.45) is 3.16. The van der Waals surface area contributed by atoms with E-state index in [-0.39, 0.29) is 5.91 Å². The summed E-state index contributed by atoms with van der Waals surface area (Å²) in [6.45, 7) is 1.04. The number of carbonyl (C=O) groups is 1. The normalized spacial score (nSPS) is 12.7. The van der Waals surface area contributed by atoms with E-state index < -0.39 is 0 Å². The largest absolute Gasteiger partial charge is 0.486 e. The van der Waals surface area contributed by atoms with Crippen LogP contribution in [-0.4, -0.2) is 33.9 Å². The molecule has 2 aromatic carbocycles. The van der Waals surface area contributed by atoms with Gasteiger partial charge in [0.1, 0.15) is 25.9 Å². The molecule has 0 saturated carbocycles. The van der Waals surface area contributed by atoms with E-state index in [1.165, 1.54) is 0 Å². The van der Waals surface area contributed by atoms with Gasteiger partial charge in [0.15, 0.2) is 11.5 Å². The van der Waals surface area contributed by atoms with E-state index in [1.807, 2.05) is 12.1 Å². The molecule has 0 saturated heterocycles. The van der Waals surface area contributed by atoms with Crippen LogP contribution in [0.25, 0.3) is 5.69 Å². The molecule has 2 heterocycles. The van der Waals surface area contributed by atoms with E-state index in [2.05, 4.69) is 15.5 Å². The maximum atomic E-state index is 12.5. The quantitative estimate of drug-likeness (QED) is 0.800. The van der Waals surface area contributed by atoms with E-state index >= 15 is 0 Å². The monoisotopic (exact) mass is 322 g/mol. The Balaban J connectivity index is 1.55. The Labute approximate surface area is 137 Å². The van der Waals surface area contributed by atoms with Crippen LogP contribution in [0.4, 0.5) is 5.69 Å². The second kappa shape index (κ2) is 6.04. The molecule has 1 aromatic heterocycles. The average molecular weight is 322 g/mol. The van der Waals surface area contributed by atoms with E-state index in [4.69, 9.17) is 9.47 Å². The Hall–Kier alpha value is -3.35. The zero-order chi connectivity index (χ0) is 16.4. The predicted molar refractivity (Wildman–Crippen MR) is 86.7 cm³/mol.